The molecule has 2 aliphatic heterocycles. The van der Waals surface area contributed by atoms with Gasteiger partial charge in [-0.25, -0.2) is 9.97 Å². The number of aryl methyl sites for hydroxylation is 1. The summed E-state index contributed by atoms with van der Waals surface area (Å²) in [5, 5.41) is 6.17. The summed E-state index contributed by atoms with van der Waals surface area (Å²) in [5.41, 5.74) is 0.891. The SMILES string of the molecule is Cc1scc2nc(C(=O)NCCCN3CCN(C)CC3)nc(N3CCCC3)c12. The number of fused-ring (bicyclic) bond motifs is 1. The van der Waals surface area contributed by atoms with Gasteiger partial charge >= 0.3 is 0 Å². The Kier molecular flexibility index (Phi) is 6.08. The Bertz CT molecular complexity index is 823. The molecule has 2 aliphatic rings. The number of likely N-dealkylation sites (N-methyl/N-ethyl adjacent to an activating group) is 1. The van der Waals surface area contributed by atoms with Gasteiger partial charge in [-0.2, -0.15) is 0 Å². The standard InChI is InChI=1S/C20H30N6OS/c1-15-17-16(14-28-15)22-18(23-19(17)26-8-3-4-9-26)20(27)21-6-5-7-25-12-10-24(2)11-13-25/h14H,3-13H2,1-2H3,(H,21,27). The molecule has 0 bridgehead atoms. The molecule has 1 N–H and O–H groups in total. The number of anilines is 1. The van der Waals surface area contributed by atoms with Crippen LogP contribution in [0.5, 0.6) is 0 Å². The van der Waals surface area contributed by atoms with Crippen LogP contribution in [0.4, 0.5) is 5.82 Å². The Morgan fingerprint density at radius 1 is 1.14 bits per heavy atom. The zero-order valence-corrected chi connectivity index (χ0v) is 17.7. The lowest BCUT2D eigenvalue weighted by Gasteiger charge is -2.32. The molecule has 0 aliphatic carbocycles. The largest absolute Gasteiger partial charge is 0.356 e. The lowest BCUT2D eigenvalue weighted by atomic mass is 10.2. The maximum atomic E-state index is 12.7. The minimum atomic E-state index is -0.162. The van der Waals surface area contributed by atoms with Crippen LogP contribution < -0.4 is 10.2 Å². The zero-order chi connectivity index (χ0) is 19.5. The number of rotatable bonds is 6. The van der Waals surface area contributed by atoms with Gasteiger partial charge in [-0.15, -0.1) is 11.3 Å². The van der Waals surface area contributed by atoms with Gasteiger partial charge in [-0.3, -0.25) is 4.79 Å². The van der Waals surface area contributed by atoms with Crippen molar-refractivity contribution in [2.24, 2.45) is 0 Å². The van der Waals surface area contributed by atoms with E-state index in [0.717, 1.165) is 69.0 Å². The first-order valence-corrected chi connectivity index (χ1v) is 11.2. The molecule has 0 unspecified atom stereocenters. The van der Waals surface area contributed by atoms with E-state index in [-0.39, 0.29) is 5.91 Å². The van der Waals surface area contributed by atoms with Gasteiger partial charge < -0.3 is 20.0 Å². The molecule has 7 nitrogen and oxygen atoms in total. The van der Waals surface area contributed by atoms with Crippen molar-refractivity contribution in [3.63, 3.8) is 0 Å². The number of aromatic nitrogens is 2. The number of amides is 1. The first-order chi connectivity index (χ1) is 13.6. The summed E-state index contributed by atoms with van der Waals surface area (Å²) >= 11 is 1.68. The predicted octanol–water partition coefficient (Wildman–Crippen LogP) is 1.97. The number of nitrogens with one attached hydrogen (secondary N) is 1. The normalized spacial score (nSPS) is 18.9. The first-order valence-electron chi connectivity index (χ1n) is 10.3. The van der Waals surface area contributed by atoms with E-state index >= 15 is 0 Å². The van der Waals surface area contributed by atoms with Crippen LogP contribution in [0.25, 0.3) is 10.9 Å². The number of hydrogen-bond acceptors (Lipinski definition) is 7. The van der Waals surface area contributed by atoms with E-state index in [2.05, 4.69) is 44.0 Å². The van der Waals surface area contributed by atoms with E-state index in [1.165, 1.54) is 17.7 Å². The summed E-state index contributed by atoms with van der Waals surface area (Å²) in [6.45, 7) is 10.3. The summed E-state index contributed by atoms with van der Waals surface area (Å²) in [6, 6.07) is 0. The Labute approximate surface area is 170 Å². The van der Waals surface area contributed by atoms with Gasteiger partial charge in [0.05, 0.1) is 10.9 Å². The summed E-state index contributed by atoms with van der Waals surface area (Å²) < 4.78 is 0. The van der Waals surface area contributed by atoms with E-state index in [1.54, 1.807) is 11.3 Å². The van der Waals surface area contributed by atoms with Gasteiger partial charge in [-0.1, -0.05) is 0 Å². The van der Waals surface area contributed by atoms with Crippen molar-refractivity contribution in [2.45, 2.75) is 26.2 Å². The number of piperazine rings is 1. The van der Waals surface area contributed by atoms with E-state index in [1.807, 2.05) is 5.38 Å². The van der Waals surface area contributed by atoms with Crippen LogP contribution in [0.15, 0.2) is 5.38 Å². The molecule has 2 fully saturated rings. The molecule has 0 saturated carbocycles. The highest BCUT2D eigenvalue weighted by molar-refractivity contribution is 7.11. The molecule has 2 saturated heterocycles. The van der Waals surface area contributed by atoms with Gasteiger partial charge in [0.1, 0.15) is 5.82 Å². The fourth-order valence-corrected chi connectivity index (χ4v) is 4.78. The molecule has 1 amide bonds. The third-order valence-electron chi connectivity index (χ3n) is 5.76. The van der Waals surface area contributed by atoms with Gasteiger partial charge in [0.15, 0.2) is 0 Å². The number of hydrogen-bond donors (Lipinski definition) is 1. The van der Waals surface area contributed by atoms with Crippen molar-refractivity contribution in [1.29, 1.82) is 0 Å². The van der Waals surface area contributed by atoms with Gasteiger partial charge in [0.25, 0.3) is 5.91 Å². The van der Waals surface area contributed by atoms with Crippen LogP contribution in [0, 0.1) is 6.92 Å². The maximum absolute atomic E-state index is 12.7. The fraction of sp³-hybridized carbons (Fsp3) is 0.650. The molecule has 28 heavy (non-hydrogen) atoms. The molecule has 8 heteroatoms. The van der Waals surface area contributed by atoms with Crippen LogP contribution in [0.2, 0.25) is 0 Å². The van der Waals surface area contributed by atoms with E-state index in [4.69, 9.17) is 0 Å². The lowest BCUT2D eigenvalue weighted by Crippen LogP contribution is -2.45. The monoisotopic (exact) mass is 402 g/mol. The van der Waals surface area contributed by atoms with Crippen molar-refractivity contribution >= 4 is 34.0 Å². The number of carbonyl (C=O) groups excluding carboxylic acids is 1. The van der Waals surface area contributed by atoms with Gasteiger partial charge in [0.2, 0.25) is 5.82 Å². The minimum Gasteiger partial charge on any atom is -0.356 e. The minimum absolute atomic E-state index is 0.162. The van der Waals surface area contributed by atoms with Crippen molar-refractivity contribution < 1.29 is 4.79 Å². The quantitative estimate of drug-likeness (QED) is 0.746. The average Bonchev–Trinajstić information content (AvgIpc) is 3.36. The van der Waals surface area contributed by atoms with Crippen molar-refractivity contribution in [2.75, 3.05) is 64.3 Å². The molecule has 0 atom stereocenters. The highest BCUT2D eigenvalue weighted by Gasteiger charge is 2.22. The Hall–Kier alpha value is -1.77. The van der Waals surface area contributed by atoms with Gasteiger partial charge in [0, 0.05) is 56.1 Å². The summed E-state index contributed by atoms with van der Waals surface area (Å²) in [5.74, 6) is 1.07. The van der Waals surface area contributed by atoms with Crippen molar-refractivity contribution in [3.8, 4) is 0 Å². The first kappa shape index (κ1) is 19.5. The third-order valence-corrected chi connectivity index (χ3v) is 6.66. The number of thiophene rings is 1. The molecular weight excluding hydrogens is 372 g/mol. The Morgan fingerprint density at radius 3 is 2.64 bits per heavy atom. The Balaban J connectivity index is 1.38. The second-order valence-electron chi connectivity index (χ2n) is 7.87. The second-order valence-corrected chi connectivity index (χ2v) is 8.96. The van der Waals surface area contributed by atoms with Crippen molar-refractivity contribution in [1.82, 2.24) is 25.1 Å². The smallest absolute Gasteiger partial charge is 0.289 e. The molecule has 0 spiro atoms. The summed E-state index contributed by atoms with van der Waals surface area (Å²) in [4.78, 5) is 30.3. The molecule has 4 rings (SSSR count). The second kappa shape index (κ2) is 8.71. The summed E-state index contributed by atoms with van der Waals surface area (Å²) in [6.07, 6.45) is 3.32. The highest BCUT2D eigenvalue weighted by atomic mass is 32.1. The molecule has 0 radical (unpaired) electrons. The van der Waals surface area contributed by atoms with E-state index < -0.39 is 0 Å². The molecule has 2 aromatic rings. The lowest BCUT2D eigenvalue weighted by molar-refractivity contribution is 0.0939. The van der Waals surface area contributed by atoms with Crippen LogP contribution in [0.3, 0.4) is 0 Å². The molecule has 0 aromatic carbocycles. The molecule has 152 valence electrons. The molecule has 2 aromatic heterocycles. The average molecular weight is 403 g/mol. The molecular formula is C20H30N6OS. The zero-order valence-electron chi connectivity index (χ0n) is 16.9. The third kappa shape index (κ3) is 4.29. The van der Waals surface area contributed by atoms with Crippen LogP contribution >= 0.6 is 11.3 Å². The van der Waals surface area contributed by atoms with E-state index in [0.29, 0.717) is 12.4 Å². The number of nitrogens with zero attached hydrogens (tertiary/aromatic N) is 5. The van der Waals surface area contributed by atoms with Crippen LogP contribution in [0.1, 0.15) is 34.8 Å². The van der Waals surface area contributed by atoms with E-state index in [9.17, 15) is 4.79 Å². The Morgan fingerprint density at radius 2 is 1.89 bits per heavy atom. The number of carbonyl (C=O) groups is 1. The van der Waals surface area contributed by atoms with Crippen molar-refractivity contribution in [3.05, 3.63) is 16.1 Å². The van der Waals surface area contributed by atoms with Gasteiger partial charge in [-0.05, 0) is 39.8 Å². The fourth-order valence-electron chi connectivity index (χ4n) is 4.01. The predicted molar refractivity (Wildman–Crippen MR) is 114 cm³/mol. The van der Waals surface area contributed by atoms with Crippen LogP contribution in [-0.4, -0.2) is 85.1 Å². The van der Waals surface area contributed by atoms with Crippen LogP contribution in [-0.2, 0) is 0 Å². The topological polar surface area (TPSA) is 64.6 Å². The highest BCUT2D eigenvalue weighted by Crippen LogP contribution is 2.33. The molecule has 4 heterocycles. The summed E-state index contributed by atoms with van der Waals surface area (Å²) in [7, 11) is 2.17. The maximum Gasteiger partial charge on any atom is 0.289 e.